The second-order valence-corrected chi connectivity index (χ2v) is 6.74. The van der Waals surface area contributed by atoms with E-state index in [1.807, 2.05) is 60.9 Å². The molecule has 1 aliphatic rings. The zero-order chi connectivity index (χ0) is 18.3. The number of nitrogens with one attached hydrogen (secondary N) is 1. The maximum atomic E-state index is 12.8. The minimum Gasteiger partial charge on any atom is -0.291 e. The molecule has 6 nitrogen and oxygen atoms in total. The van der Waals surface area contributed by atoms with Gasteiger partial charge in [-0.05, 0) is 23.1 Å². The number of hydrogen-bond donors (Lipinski definition) is 1. The predicted octanol–water partition coefficient (Wildman–Crippen LogP) is 2.36. The molecular formula is C19H17N4O2S+. The highest BCUT2D eigenvalue weighted by Gasteiger charge is 2.44. The van der Waals surface area contributed by atoms with E-state index in [4.69, 9.17) is 0 Å². The molecule has 0 fully saturated rings. The van der Waals surface area contributed by atoms with Crippen LogP contribution in [0.15, 0.2) is 64.5 Å². The Kier molecular flexibility index (Phi) is 4.08. The lowest BCUT2D eigenvalue weighted by atomic mass is 10.0. The summed E-state index contributed by atoms with van der Waals surface area (Å²) >= 11 is 1.35. The smallest absolute Gasteiger partial charge is 0.291 e. The summed E-state index contributed by atoms with van der Waals surface area (Å²) in [6.45, 7) is 1.53. The van der Waals surface area contributed by atoms with Gasteiger partial charge < -0.3 is 0 Å². The van der Waals surface area contributed by atoms with E-state index in [1.54, 1.807) is 9.58 Å². The number of rotatable bonds is 2. The average molecular weight is 365 g/mol. The third-order valence-corrected chi connectivity index (χ3v) is 4.96. The number of carbonyl (C=O) groups is 1. The maximum absolute atomic E-state index is 12.8. The number of anilines is 1. The van der Waals surface area contributed by atoms with Gasteiger partial charge in [0.15, 0.2) is 0 Å². The fraction of sp³-hybridized carbons (Fsp3) is 0.158. The Morgan fingerprint density at radius 2 is 1.85 bits per heavy atom. The number of aromatic amines is 1. The summed E-state index contributed by atoms with van der Waals surface area (Å²) in [6.07, 6.45) is 1.33. The predicted molar refractivity (Wildman–Crippen MR) is 100 cm³/mol. The fourth-order valence-corrected chi connectivity index (χ4v) is 3.69. The molecule has 1 unspecified atom stereocenters. The van der Waals surface area contributed by atoms with Crippen molar-refractivity contribution < 1.29 is 9.48 Å². The summed E-state index contributed by atoms with van der Waals surface area (Å²) in [7, 11) is 0. The molecule has 7 heteroatoms. The van der Waals surface area contributed by atoms with Gasteiger partial charge in [0.25, 0.3) is 6.17 Å². The van der Waals surface area contributed by atoms with E-state index in [2.05, 4.69) is 10.1 Å². The number of aromatic nitrogens is 3. The van der Waals surface area contributed by atoms with E-state index in [-0.39, 0.29) is 11.5 Å². The van der Waals surface area contributed by atoms with Crippen LogP contribution in [0.3, 0.4) is 0 Å². The van der Waals surface area contributed by atoms with Crippen LogP contribution in [-0.2, 0) is 4.79 Å². The molecule has 3 aromatic rings. The number of H-pyrrole nitrogens is 1. The van der Waals surface area contributed by atoms with Crippen LogP contribution in [0, 0.1) is 0 Å². The highest BCUT2D eigenvalue weighted by atomic mass is 32.2. The van der Waals surface area contributed by atoms with Crippen LogP contribution >= 0.6 is 11.8 Å². The normalized spacial score (nSPS) is 15.3. The molecule has 0 bridgehead atoms. The Morgan fingerprint density at radius 1 is 1.15 bits per heavy atom. The summed E-state index contributed by atoms with van der Waals surface area (Å²) < 4.78 is 1.66. The number of nitrogens with zero attached hydrogens (tertiary/aromatic N) is 3. The number of para-hydroxylation sites is 1. The molecular weight excluding hydrogens is 348 g/mol. The second kappa shape index (κ2) is 6.42. The summed E-state index contributed by atoms with van der Waals surface area (Å²) in [6, 6.07) is 17.0. The Morgan fingerprint density at radius 3 is 2.54 bits per heavy atom. The Bertz CT molecular complexity index is 1050. The first kappa shape index (κ1) is 16.5. The van der Waals surface area contributed by atoms with E-state index >= 15 is 0 Å². The molecule has 1 amide bonds. The molecule has 0 radical (unpaired) electrons. The first-order valence-electron chi connectivity index (χ1n) is 8.16. The zero-order valence-electron chi connectivity index (χ0n) is 14.3. The number of thioether (sulfide) groups is 1. The van der Waals surface area contributed by atoms with E-state index in [0.29, 0.717) is 22.1 Å². The van der Waals surface area contributed by atoms with E-state index < -0.39 is 6.17 Å². The standard InChI is InChI=1S/C19H16N4O2S/c1-12(24)22-15-11-7-6-10-14(15)16-17(25)20-19(26-2)21-23(16)18(22)13-8-4-3-5-9-13/h3-11,18H,1-2H3/p+1. The molecule has 4 rings (SSSR count). The molecule has 1 N–H and O–H groups in total. The molecule has 2 aromatic carbocycles. The molecule has 1 atom stereocenters. The Labute approximate surface area is 154 Å². The van der Waals surface area contributed by atoms with Crippen molar-refractivity contribution in [1.29, 1.82) is 0 Å². The largest absolute Gasteiger partial charge is 0.325 e. The topological polar surface area (TPSA) is 69.9 Å². The molecule has 0 saturated heterocycles. The minimum atomic E-state index is -0.521. The number of amides is 1. The van der Waals surface area contributed by atoms with Crippen molar-refractivity contribution in [3.05, 3.63) is 70.5 Å². The summed E-state index contributed by atoms with van der Waals surface area (Å²) in [5.74, 6) is -0.114. The van der Waals surface area contributed by atoms with Gasteiger partial charge in [0.05, 0.1) is 11.3 Å². The van der Waals surface area contributed by atoms with Crippen molar-refractivity contribution in [3.63, 3.8) is 0 Å². The third-order valence-electron chi connectivity index (χ3n) is 4.39. The van der Waals surface area contributed by atoms with Gasteiger partial charge in [-0.1, -0.05) is 54.2 Å². The number of hydrogen-bond acceptors (Lipinski definition) is 4. The van der Waals surface area contributed by atoms with Gasteiger partial charge >= 0.3 is 11.3 Å². The van der Waals surface area contributed by atoms with Crippen LogP contribution < -0.4 is 15.1 Å². The van der Waals surface area contributed by atoms with Crippen LogP contribution in [-0.4, -0.2) is 22.2 Å². The highest BCUT2D eigenvalue weighted by molar-refractivity contribution is 7.98. The first-order chi connectivity index (χ1) is 12.6. The second-order valence-electron chi connectivity index (χ2n) is 5.95. The maximum Gasteiger partial charge on any atom is 0.325 e. The number of carbonyl (C=O) groups excluding carboxylic acids is 1. The lowest BCUT2D eigenvalue weighted by Crippen LogP contribution is -2.60. The van der Waals surface area contributed by atoms with Crippen molar-refractivity contribution in [1.82, 2.24) is 10.1 Å². The summed E-state index contributed by atoms with van der Waals surface area (Å²) in [4.78, 5) is 29.9. The van der Waals surface area contributed by atoms with Gasteiger partial charge in [-0.25, -0.2) is 4.90 Å². The third kappa shape index (κ3) is 2.52. The lowest BCUT2D eigenvalue weighted by molar-refractivity contribution is -0.763. The SMILES string of the molecule is CSc1n[n+]2c(c(=O)[nH]1)-c1ccccc1N(C(C)=O)C2c1ccccc1. The van der Waals surface area contributed by atoms with Gasteiger partial charge in [0, 0.05) is 17.6 Å². The highest BCUT2D eigenvalue weighted by Crippen LogP contribution is 2.36. The molecule has 26 heavy (non-hydrogen) atoms. The van der Waals surface area contributed by atoms with E-state index in [0.717, 1.165) is 5.56 Å². The van der Waals surface area contributed by atoms with E-state index in [1.165, 1.54) is 18.7 Å². The van der Waals surface area contributed by atoms with Crippen LogP contribution in [0.1, 0.15) is 18.7 Å². The van der Waals surface area contributed by atoms with Gasteiger partial charge in [-0.2, -0.15) is 0 Å². The molecule has 0 aliphatic carbocycles. The molecule has 0 saturated carbocycles. The lowest BCUT2D eigenvalue weighted by Gasteiger charge is -2.31. The van der Waals surface area contributed by atoms with Crippen LogP contribution in [0.5, 0.6) is 0 Å². The van der Waals surface area contributed by atoms with Crippen molar-refractivity contribution >= 4 is 23.4 Å². The van der Waals surface area contributed by atoms with Crippen molar-refractivity contribution in [2.45, 2.75) is 18.2 Å². The monoisotopic (exact) mass is 365 g/mol. The molecule has 1 aromatic heterocycles. The van der Waals surface area contributed by atoms with Crippen molar-refractivity contribution in [2.24, 2.45) is 0 Å². The molecule has 130 valence electrons. The van der Waals surface area contributed by atoms with Crippen molar-refractivity contribution in [2.75, 3.05) is 11.2 Å². The quantitative estimate of drug-likeness (QED) is 0.559. The van der Waals surface area contributed by atoms with Crippen LogP contribution in [0.4, 0.5) is 5.69 Å². The van der Waals surface area contributed by atoms with Gasteiger partial charge in [0.2, 0.25) is 11.1 Å². The fourth-order valence-electron chi connectivity index (χ4n) is 3.33. The van der Waals surface area contributed by atoms with Crippen LogP contribution in [0.2, 0.25) is 0 Å². The van der Waals surface area contributed by atoms with Gasteiger partial charge in [-0.3, -0.25) is 14.6 Å². The average Bonchev–Trinajstić information content (AvgIpc) is 2.66. The number of fused-ring (bicyclic) bond motifs is 3. The molecule has 0 spiro atoms. The molecule has 1 aliphatic heterocycles. The van der Waals surface area contributed by atoms with Gasteiger partial charge in [-0.15, -0.1) is 0 Å². The minimum absolute atomic E-state index is 0.114. The summed E-state index contributed by atoms with van der Waals surface area (Å²) in [5, 5.41) is 5.11. The van der Waals surface area contributed by atoms with Crippen LogP contribution in [0.25, 0.3) is 11.3 Å². The zero-order valence-corrected chi connectivity index (χ0v) is 15.2. The van der Waals surface area contributed by atoms with Crippen molar-refractivity contribution in [3.8, 4) is 11.3 Å². The Hall–Kier alpha value is -2.93. The Balaban J connectivity index is 2.10. The number of benzene rings is 2. The molecule has 2 heterocycles. The first-order valence-corrected chi connectivity index (χ1v) is 9.38. The van der Waals surface area contributed by atoms with Gasteiger partial charge in [0.1, 0.15) is 0 Å². The van der Waals surface area contributed by atoms with E-state index in [9.17, 15) is 9.59 Å². The summed E-state index contributed by atoms with van der Waals surface area (Å²) in [5.41, 5.74) is 2.51.